The van der Waals surface area contributed by atoms with Crippen molar-refractivity contribution in [1.29, 1.82) is 0 Å². The lowest BCUT2D eigenvalue weighted by molar-refractivity contribution is 0.487. The molecular weight excluding hydrogens is 707 g/mol. The van der Waals surface area contributed by atoms with Crippen molar-refractivity contribution >= 4 is 66.7 Å². The number of benzene rings is 8. The fourth-order valence-corrected chi connectivity index (χ4v) is 9.27. The van der Waals surface area contributed by atoms with Gasteiger partial charge in [-0.3, -0.25) is 9.13 Å². The average Bonchev–Trinajstić information content (AvgIpc) is 3.81. The van der Waals surface area contributed by atoms with Gasteiger partial charge in [-0.25, -0.2) is 9.97 Å². The summed E-state index contributed by atoms with van der Waals surface area (Å²) in [5.41, 5.74) is 10.9. The van der Waals surface area contributed by atoms with E-state index in [1.54, 1.807) is 0 Å². The monoisotopic (exact) mass is 740 g/mol. The topological polar surface area (TPSA) is 44.9 Å². The molecule has 8 aromatic carbocycles. The molecule has 5 nitrogen and oxygen atoms in total. The standard InChI is InChI=1S/C52H33BN4O/c1-2-17-34(18-3-1)35-23-16-24-40(51(35)53-41-25-8-14-31-47(41)58-48-32-15-9-26-42(48)53)52-54-49(56-43-27-10-4-19-36(43)37-20-5-11-28-44(37)56)33-50(55-52)57-45-29-12-6-21-38(45)39-22-7-13-30-46(39)57/h1-33H. The van der Waals surface area contributed by atoms with Gasteiger partial charge in [-0.05, 0) is 63.9 Å². The van der Waals surface area contributed by atoms with Crippen LogP contribution in [0.15, 0.2) is 200 Å². The quantitative estimate of drug-likeness (QED) is 0.165. The molecule has 0 saturated heterocycles. The summed E-state index contributed by atoms with van der Waals surface area (Å²) < 4.78 is 11.2. The molecule has 270 valence electrons. The Kier molecular flexibility index (Phi) is 7.26. The first-order chi connectivity index (χ1) is 28.8. The van der Waals surface area contributed by atoms with Crippen molar-refractivity contribution < 1.29 is 4.74 Å². The van der Waals surface area contributed by atoms with Crippen LogP contribution in [-0.2, 0) is 0 Å². The lowest BCUT2D eigenvalue weighted by Crippen LogP contribution is -2.56. The van der Waals surface area contributed by atoms with Gasteiger partial charge in [-0.15, -0.1) is 0 Å². The van der Waals surface area contributed by atoms with Gasteiger partial charge in [0, 0.05) is 33.2 Å². The van der Waals surface area contributed by atoms with Crippen molar-refractivity contribution in [1.82, 2.24) is 19.1 Å². The number of aromatic nitrogens is 4. The van der Waals surface area contributed by atoms with Crippen LogP contribution < -0.4 is 21.1 Å². The lowest BCUT2D eigenvalue weighted by atomic mass is 9.34. The number of rotatable bonds is 5. The van der Waals surface area contributed by atoms with Crippen molar-refractivity contribution in [3.05, 3.63) is 200 Å². The molecule has 12 rings (SSSR count). The minimum absolute atomic E-state index is 0.162. The van der Waals surface area contributed by atoms with Crippen LogP contribution in [0.3, 0.4) is 0 Å². The predicted molar refractivity (Wildman–Crippen MR) is 239 cm³/mol. The molecule has 11 aromatic rings. The maximum absolute atomic E-state index is 6.58. The highest BCUT2D eigenvalue weighted by atomic mass is 16.5. The van der Waals surface area contributed by atoms with Gasteiger partial charge in [0.2, 0.25) is 0 Å². The molecule has 0 bridgehead atoms. The molecular formula is C52H33BN4O. The number of ether oxygens (including phenoxy) is 1. The number of fused-ring (bicyclic) bond motifs is 8. The second-order valence-corrected chi connectivity index (χ2v) is 14.9. The fourth-order valence-electron chi connectivity index (χ4n) is 9.27. The summed E-state index contributed by atoms with van der Waals surface area (Å²) in [4.78, 5) is 11.3. The Bertz CT molecular complexity index is 3120. The van der Waals surface area contributed by atoms with E-state index in [1.165, 1.54) is 21.5 Å². The second kappa shape index (κ2) is 12.9. The van der Waals surface area contributed by atoms with E-state index in [2.05, 4.69) is 197 Å². The highest BCUT2D eigenvalue weighted by Crippen LogP contribution is 2.36. The van der Waals surface area contributed by atoms with E-state index < -0.39 is 0 Å². The molecule has 1 aliphatic heterocycles. The molecule has 1 aliphatic rings. The maximum Gasteiger partial charge on any atom is 0.252 e. The molecule has 0 atom stereocenters. The third-order valence-corrected chi connectivity index (χ3v) is 11.7. The molecule has 6 heteroatoms. The fraction of sp³-hybridized carbons (Fsp3) is 0. The van der Waals surface area contributed by atoms with Crippen LogP contribution in [-0.4, -0.2) is 25.8 Å². The summed E-state index contributed by atoms with van der Waals surface area (Å²) in [6.07, 6.45) is 0. The van der Waals surface area contributed by atoms with Crippen LogP contribution in [0.25, 0.3) is 77.8 Å². The van der Waals surface area contributed by atoms with E-state index >= 15 is 0 Å². The van der Waals surface area contributed by atoms with Gasteiger partial charge >= 0.3 is 0 Å². The van der Waals surface area contributed by atoms with Crippen molar-refractivity contribution in [3.63, 3.8) is 0 Å². The van der Waals surface area contributed by atoms with Gasteiger partial charge in [0.1, 0.15) is 23.1 Å². The molecule has 0 fully saturated rings. The van der Waals surface area contributed by atoms with Gasteiger partial charge < -0.3 is 4.74 Å². The van der Waals surface area contributed by atoms with E-state index in [9.17, 15) is 0 Å². The molecule has 0 aliphatic carbocycles. The van der Waals surface area contributed by atoms with Crippen LogP contribution in [0, 0.1) is 0 Å². The van der Waals surface area contributed by atoms with E-state index in [4.69, 9.17) is 14.7 Å². The molecule has 0 radical (unpaired) electrons. The third-order valence-electron chi connectivity index (χ3n) is 11.7. The van der Waals surface area contributed by atoms with E-state index in [1.807, 2.05) is 12.1 Å². The van der Waals surface area contributed by atoms with Crippen molar-refractivity contribution in [2.24, 2.45) is 0 Å². The smallest absolute Gasteiger partial charge is 0.252 e. The predicted octanol–water partition coefficient (Wildman–Crippen LogP) is 10.6. The van der Waals surface area contributed by atoms with Crippen LogP contribution >= 0.6 is 0 Å². The van der Waals surface area contributed by atoms with Crippen molar-refractivity contribution in [2.75, 3.05) is 0 Å². The van der Waals surface area contributed by atoms with E-state index in [0.717, 1.165) is 78.3 Å². The Labute approximate surface area is 335 Å². The van der Waals surface area contributed by atoms with Crippen LogP contribution in [0.1, 0.15) is 0 Å². The average molecular weight is 741 g/mol. The molecule has 0 unspecified atom stereocenters. The normalized spacial score (nSPS) is 12.2. The van der Waals surface area contributed by atoms with Crippen molar-refractivity contribution in [2.45, 2.75) is 0 Å². The number of nitrogens with zero attached hydrogens (tertiary/aromatic N) is 4. The first-order valence-corrected chi connectivity index (χ1v) is 19.7. The van der Waals surface area contributed by atoms with Crippen LogP contribution in [0.4, 0.5) is 0 Å². The Hall–Kier alpha value is -7.70. The number of hydrogen-bond donors (Lipinski definition) is 0. The van der Waals surface area contributed by atoms with E-state index in [0.29, 0.717) is 5.82 Å². The zero-order valence-corrected chi connectivity index (χ0v) is 31.3. The molecule has 58 heavy (non-hydrogen) atoms. The Balaban J connectivity index is 1.22. The van der Waals surface area contributed by atoms with Gasteiger partial charge in [0.15, 0.2) is 5.82 Å². The highest BCUT2D eigenvalue weighted by Gasteiger charge is 2.36. The Morgan fingerprint density at radius 1 is 0.379 bits per heavy atom. The first kappa shape index (κ1) is 32.5. The second-order valence-electron chi connectivity index (χ2n) is 14.9. The summed E-state index contributed by atoms with van der Waals surface area (Å²) in [5.74, 6) is 3.94. The summed E-state index contributed by atoms with van der Waals surface area (Å²) in [6.45, 7) is -0.162. The molecule has 0 N–H and O–H groups in total. The molecule has 0 saturated carbocycles. The largest absolute Gasteiger partial charge is 0.458 e. The highest BCUT2D eigenvalue weighted by molar-refractivity contribution is 6.98. The zero-order chi connectivity index (χ0) is 38.2. The van der Waals surface area contributed by atoms with Gasteiger partial charge in [0.05, 0.1) is 22.1 Å². The summed E-state index contributed by atoms with van der Waals surface area (Å²) in [6, 6.07) is 70.7. The lowest BCUT2D eigenvalue weighted by Gasteiger charge is -2.29. The third kappa shape index (κ3) is 4.91. The summed E-state index contributed by atoms with van der Waals surface area (Å²) in [5, 5.41) is 4.72. The maximum atomic E-state index is 6.58. The molecule has 0 spiro atoms. The number of para-hydroxylation sites is 6. The van der Waals surface area contributed by atoms with E-state index in [-0.39, 0.29) is 6.71 Å². The SMILES string of the molecule is c1ccc(-c2cccc(-c3nc(-n4c5ccccc5c5ccccc54)cc(-n4c5ccccc5c5ccccc54)n3)c2B2c3ccccc3Oc3ccccc32)cc1. The van der Waals surface area contributed by atoms with Crippen LogP contribution in [0.2, 0.25) is 0 Å². The zero-order valence-electron chi connectivity index (χ0n) is 31.3. The minimum atomic E-state index is -0.162. The van der Waals surface area contributed by atoms with Gasteiger partial charge in [-0.1, -0.05) is 158 Å². The van der Waals surface area contributed by atoms with Crippen LogP contribution in [0.5, 0.6) is 11.5 Å². The first-order valence-electron chi connectivity index (χ1n) is 19.7. The van der Waals surface area contributed by atoms with Gasteiger partial charge in [0.25, 0.3) is 6.71 Å². The Morgan fingerprint density at radius 2 is 0.793 bits per heavy atom. The Morgan fingerprint density at radius 3 is 1.29 bits per heavy atom. The molecule has 0 amide bonds. The molecule has 3 aromatic heterocycles. The van der Waals surface area contributed by atoms with Crippen molar-refractivity contribution in [3.8, 4) is 45.6 Å². The molecule has 4 heterocycles. The van der Waals surface area contributed by atoms with Gasteiger partial charge in [-0.2, -0.15) is 0 Å². The minimum Gasteiger partial charge on any atom is -0.458 e. The summed E-state index contributed by atoms with van der Waals surface area (Å²) in [7, 11) is 0. The summed E-state index contributed by atoms with van der Waals surface area (Å²) >= 11 is 0. The number of hydrogen-bond acceptors (Lipinski definition) is 3.